The maximum atomic E-state index is 12.0. The molecule has 1 aliphatic rings. The Bertz CT molecular complexity index is 640. The van der Waals surface area contributed by atoms with E-state index in [0.29, 0.717) is 0 Å². The van der Waals surface area contributed by atoms with Crippen molar-refractivity contribution in [3.05, 3.63) is 54.6 Å². The summed E-state index contributed by atoms with van der Waals surface area (Å²) in [5.74, 6) is 0. The van der Waals surface area contributed by atoms with Gasteiger partial charge in [0.15, 0.2) is 0 Å². The van der Waals surface area contributed by atoms with E-state index in [1.807, 2.05) is 42.5 Å². The predicted molar refractivity (Wildman–Crippen MR) is 92.3 cm³/mol. The second kappa shape index (κ2) is 7.29. The van der Waals surface area contributed by atoms with E-state index in [0.717, 1.165) is 42.5 Å². The summed E-state index contributed by atoms with van der Waals surface area (Å²) in [4.78, 5) is 12.0. The first kappa shape index (κ1) is 15.6. The molecule has 1 fully saturated rings. The Balaban J connectivity index is 1.58. The van der Waals surface area contributed by atoms with Crippen molar-refractivity contribution in [1.82, 2.24) is 5.32 Å². The number of benzene rings is 2. The highest BCUT2D eigenvalue weighted by atomic mass is 16.3. The van der Waals surface area contributed by atoms with E-state index >= 15 is 0 Å². The largest absolute Gasteiger partial charge is 0.391 e. The number of aliphatic hydroxyl groups is 1. The van der Waals surface area contributed by atoms with Gasteiger partial charge in [0.05, 0.1) is 12.1 Å². The van der Waals surface area contributed by atoms with E-state index in [1.54, 1.807) is 0 Å². The lowest BCUT2D eigenvalue weighted by molar-refractivity contribution is 0.0955. The zero-order chi connectivity index (χ0) is 16.1. The predicted octanol–water partition coefficient (Wildman–Crippen LogP) is 3.78. The van der Waals surface area contributed by atoms with E-state index in [2.05, 4.69) is 22.8 Å². The van der Waals surface area contributed by atoms with Gasteiger partial charge in [0.2, 0.25) is 0 Å². The third kappa shape index (κ3) is 4.11. The van der Waals surface area contributed by atoms with Crippen LogP contribution in [0.1, 0.15) is 25.7 Å². The average molecular weight is 310 g/mol. The maximum Gasteiger partial charge on any atom is 0.319 e. The molecule has 3 N–H and O–H groups in total. The third-order valence-electron chi connectivity index (χ3n) is 4.30. The monoisotopic (exact) mass is 310 g/mol. The normalized spacial score (nSPS) is 20.7. The smallest absolute Gasteiger partial charge is 0.319 e. The van der Waals surface area contributed by atoms with Gasteiger partial charge in [-0.1, -0.05) is 55.3 Å². The van der Waals surface area contributed by atoms with Crippen LogP contribution in [0.25, 0.3) is 11.1 Å². The summed E-state index contributed by atoms with van der Waals surface area (Å²) in [6.07, 6.45) is 3.24. The molecule has 2 atom stereocenters. The Morgan fingerprint density at radius 2 is 1.57 bits per heavy atom. The van der Waals surface area contributed by atoms with E-state index in [-0.39, 0.29) is 12.1 Å². The molecule has 1 saturated carbocycles. The summed E-state index contributed by atoms with van der Waals surface area (Å²) in [5.41, 5.74) is 3.00. The van der Waals surface area contributed by atoms with Crippen LogP contribution in [0.5, 0.6) is 0 Å². The molecule has 2 amide bonds. The van der Waals surface area contributed by atoms with Crippen molar-refractivity contribution in [3.8, 4) is 11.1 Å². The number of carbonyl (C=O) groups excluding carboxylic acids is 1. The number of hydrogen-bond donors (Lipinski definition) is 3. The number of aliphatic hydroxyl groups excluding tert-OH is 1. The van der Waals surface area contributed by atoms with Gasteiger partial charge in [0, 0.05) is 5.69 Å². The van der Waals surface area contributed by atoms with Crippen LogP contribution in [-0.4, -0.2) is 23.3 Å². The molecular formula is C19H22N2O2. The lowest BCUT2D eigenvalue weighted by atomic mass is 9.93. The van der Waals surface area contributed by atoms with Crippen molar-refractivity contribution in [1.29, 1.82) is 0 Å². The number of amides is 2. The molecule has 23 heavy (non-hydrogen) atoms. The van der Waals surface area contributed by atoms with Gasteiger partial charge < -0.3 is 15.7 Å². The quantitative estimate of drug-likeness (QED) is 0.808. The molecule has 4 heteroatoms. The lowest BCUT2D eigenvalue weighted by Gasteiger charge is -2.28. The standard InChI is InChI=1S/C19H22N2O2/c22-18-9-5-4-8-17(18)21-19(23)20-16-12-10-15(11-13-16)14-6-2-1-3-7-14/h1-3,6-7,10-13,17-18,22H,4-5,8-9H2,(H2,20,21,23). The van der Waals surface area contributed by atoms with Gasteiger partial charge in [0.25, 0.3) is 0 Å². The van der Waals surface area contributed by atoms with E-state index in [9.17, 15) is 9.90 Å². The van der Waals surface area contributed by atoms with E-state index in [4.69, 9.17) is 0 Å². The first-order valence-corrected chi connectivity index (χ1v) is 8.13. The molecule has 120 valence electrons. The summed E-state index contributed by atoms with van der Waals surface area (Å²) < 4.78 is 0. The summed E-state index contributed by atoms with van der Waals surface area (Å²) >= 11 is 0. The molecule has 0 heterocycles. The molecule has 2 aromatic rings. The van der Waals surface area contributed by atoms with E-state index < -0.39 is 6.10 Å². The van der Waals surface area contributed by atoms with Crippen LogP contribution in [0, 0.1) is 0 Å². The minimum atomic E-state index is -0.435. The summed E-state index contributed by atoms with van der Waals surface area (Å²) in [7, 11) is 0. The molecule has 0 spiro atoms. The van der Waals surface area contributed by atoms with Gasteiger partial charge in [0.1, 0.15) is 0 Å². The molecule has 0 saturated heterocycles. The van der Waals surface area contributed by atoms with Crippen molar-refractivity contribution in [2.75, 3.05) is 5.32 Å². The van der Waals surface area contributed by atoms with Gasteiger partial charge in [-0.2, -0.15) is 0 Å². The summed E-state index contributed by atoms with van der Waals surface area (Å²) in [5, 5.41) is 15.6. The van der Waals surface area contributed by atoms with Crippen molar-refractivity contribution >= 4 is 11.7 Å². The fourth-order valence-electron chi connectivity index (χ4n) is 2.99. The number of carbonyl (C=O) groups is 1. The number of nitrogens with one attached hydrogen (secondary N) is 2. The van der Waals surface area contributed by atoms with Crippen molar-refractivity contribution in [2.45, 2.75) is 37.8 Å². The molecule has 1 aliphatic carbocycles. The van der Waals surface area contributed by atoms with Crippen LogP contribution in [0.3, 0.4) is 0 Å². The molecule has 3 rings (SSSR count). The van der Waals surface area contributed by atoms with Crippen LogP contribution in [0.15, 0.2) is 54.6 Å². The minimum absolute atomic E-state index is 0.146. The van der Waals surface area contributed by atoms with Crippen LogP contribution < -0.4 is 10.6 Å². The third-order valence-corrected chi connectivity index (χ3v) is 4.30. The van der Waals surface area contributed by atoms with Crippen LogP contribution in [-0.2, 0) is 0 Å². The van der Waals surface area contributed by atoms with Gasteiger partial charge in [-0.25, -0.2) is 4.79 Å². The number of urea groups is 1. The highest BCUT2D eigenvalue weighted by molar-refractivity contribution is 5.89. The first-order valence-electron chi connectivity index (χ1n) is 8.13. The second-order valence-corrected chi connectivity index (χ2v) is 6.00. The summed E-state index contributed by atoms with van der Waals surface area (Å²) in [6.45, 7) is 0. The molecule has 0 radical (unpaired) electrons. The zero-order valence-corrected chi connectivity index (χ0v) is 13.0. The van der Waals surface area contributed by atoms with Crippen LogP contribution in [0.2, 0.25) is 0 Å². The van der Waals surface area contributed by atoms with Gasteiger partial charge >= 0.3 is 6.03 Å². The topological polar surface area (TPSA) is 61.4 Å². The molecule has 0 bridgehead atoms. The minimum Gasteiger partial charge on any atom is -0.391 e. The Morgan fingerprint density at radius 1 is 0.913 bits per heavy atom. The molecule has 2 unspecified atom stereocenters. The second-order valence-electron chi connectivity index (χ2n) is 6.00. The average Bonchev–Trinajstić information content (AvgIpc) is 2.58. The number of anilines is 1. The van der Waals surface area contributed by atoms with Crippen molar-refractivity contribution < 1.29 is 9.90 Å². The zero-order valence-electron chi connectivity index (χ0n) is 13.0. The van der Waals surface area contributed by atoms with Crippen LogP contribution >= 0.6 is 0 Å². The maximum absolute atomic E-state index is 12.0. The Hall–Kier alpha value is -2.33. The van der Waals surface area contributed by atoms with Crippen molar-refractivity contribution in [2.24, 2.45) is 0 Å². The Morgan fingerprint density at radius 3 is 2.26 bits per heavy atom. The SMILES string of the molecule is O=C(Nc1ccc(-c2ccccc2)cc1)NC1CCCCC1O. The fraction of sp³-hybridized carbons (Fsp3) is 0.316. The van der Waals surface area contributed by atoms with E-state index in [1.165, 1.54) is 0 Å². The number of rotatable bonds is 3. The molecule has 2 aromatic carbocycles. The first-order chi connectivity index (χ1) is 11.2. The molecule has 4 nitrogen and oxygen atoms in total. The molecule has 0 aromatic heterocycles. The lowest BCUT2D eigenvalue weighted by Crippen LogP contribution is -2.46. The van der Waals surface area contributed by atoms with Crippen molar-refractivity contribution in [3.63, 3.8) is 0 Å². The highest BCUT2D eigenvalue weighted by Crippen LogP contribution is 2.21. The van der Waals surface area contributed by atoms with Crippen LogP contribution in [0.4, 0.5) is 10.5 Å². The fourth-order valence-corrected chi connectivity index (χ4v) is 2.99. The summed E-state index contributed by atoms with van der Waals surface area (Å²) in [6, 6.07) is 17.5. The molecular weight excluding hydrogens is 288 g/mol. The Kier molecular flexibility index (Phi) is 4.93. The van der Waals surface area contributed by atoms with Gasteiger partial charge in [-0.05, 0) is 36.1 Å². The van der Waals surface area contributed by atoms with Gasteiger partial charge in [-0.3, -0.25) is 0 Å². The highest BCUT2D eigenvalue weighted by Gasteiger charge is 2.24. The number of hydrogen-bond acceptors (Lipinski definition) is 2. The van der Waals surface area contributed by atoms with Gasteiger partial charge in [-0.15, -0.1) is 0 Å². The molecule has 0 aliphatic heterocycles. The Labute approximate surface area is 136 Å².